The lowest BCUT2D eigenvalue weighted by atomic mass is 10.2. The summed E-state index contributed by atoms with van der Waals surface area (Å²) in [6.45, 7) is 0.546. The van der Waals surface area contributed by atoms with Gasteiger partial charge in [-0.15, -0.1) is 0 Å². The lowest BCUT2D eigenvalue weighted by Crippen LogP contribution is -2.32. The number of amides is 1. The van der Waals surface area contributed by atoms with E-state index in [1.54, 1.807) is 12.1 Å². The number of nitrogen functional groups attached to an aromatic ring is 1. The van der Waals surface area contributed by atoms with E-state index in [1.165, 1.54) is 6.20 Å². The number of rotatable bonds is 4. The third kappa shape index (κ3) is 3.53. The smallest absolute Gasteiger partial charge is 0.266 e. The van der Waals surface area contributed by atoms with Gasteiger partial charge < -0.3 is 0 Å². The van der Waals surface area contributed by atoms with Crippen molar-refractivity contribution < 1.29 is 13.2 Å². The van der Waals surface area contributed by atoms with Crippen LogP contribution in [0.4, 0.5) is 0 Å². The van der Waals surface area contributed by atoms with Gasteiger partial charge in [0.25, 0.3) is 5.91 Å². The molecule has 1 atom stereocenters. The van der Waals surface area contributed by atoms with Crippen LogP contribution in [0.3, 0.4) is 0 Å². The van der Waals surface area contributed by atoms with Crippen LogP contribution in [0.25, 0.3) is 0 Å². The first-order valence-electron chi connectivity index (χ1n) is 6.28. The lowest BCUT2D eigenvalue weighted by Gasteiger charge is -2.22. The zero-order chi connectivity index (χ0) is 14.8. The van der Waals surface area contributed by atoms with Gasteiger partial charge in [0, 0.05) is 18.8 Å². The molecule has 110 valence electrons. The second kappa shape index (κ2) is 5.86. The van der Waals surface area contributed by atoms with E-state index in [1.807, 2.05) is 17.4 Å². The van der Waals surface area contributed by atoms with Crippen LogP contribution in [0.2, 0.25) is 0 Å². The minimum Gasteiger partial charge on any atom is -0.297 e. The fourth-order valence-electron chi connectivity index (χ4n) is 2.24. The fraction of sp³-hybridized carbons (Fsp3) is 0.500. The SMILES string of the molecule is CN(Cc1ccc(C(=O)NN)cn1)C1CCS(=O)(=O)C1. The minimum atomic E-state index is -2.88. The van der Waals surface area contributed by atoms with E-state index >= 15 is 0 Å². The number of carbonyl (C=O) groups excluding carboxylic acids is 1. The third-order valence-corrected chi connectivity index (χ3v) is 5.21. The monoisotopic (exact) mass is 298 g/mol. The fourth-order valence-corrected chi connectivity index (χ4v) is 4.05. The standard InChI is InChI=1S/C12H18N4O3S/c1-16(11-4-5-20(18,19)8-11)7-10-3-2-9(6-14-10)12(17)15-13/h2-3,6,11H,4-5,7-8,13H2,1H3,(H,15,17). The van der Waals surface area contributed by atoms with Crippen molar-refractivity contribution in [2.45, 2.75) is 19.0 Å². The zero-order valence-corrected chi connectivity index (χ0v) is 12.1. The summed E-state index contributed by atoms with van der Waals surface area (Å²) < 4.78 is 22.9. The molecule has 2 rings (SSSR count). The average molecular weight is 298 g/mol. The van der Waals surface area contributed by atoms with Gasteiger partial charge in [0.05, 0.1) is 22.8 Å². The number of nitrogens with two attached hydrogens (primary N) is 1. The molecular weight excluding hydrogens is 280 g/mol. The number of nitrogens with zero attached hydrogens (tertiary/aromatic N) is 2. The molecule has 8 heteroatoms. The van der Waals surface area contributed by atoms with E-state index in [-0.39, 0.29) is 23.5 Å². The average Bonchev–Trinajstić information content (AvgIpc) is 2.79. The first kappa shape index (κ1) is 14.9. The van der Waals surface area contributed by atoms with Crippen molar-refractivity contribution in [3.8, 4) is 0 Å². The summed E-state index contributed by atoms with van der Waals surface area (Å²) in [5, 5.41) is 0. The molecule has 0 radical (unpaired) electrons. The Hall–Kier alpha value is -1.51. The van der Waals surface area contributed by atoms with Crippen LogP contribution in [-0.4, -0.2) is 48.8 Å². The third-order valence-electron chi connectivity index (χ3n) is 3.46. The van der Waals surface area contributed by atoms with Crippen molar-refractivity contribution in [1.82, 2.24) is 15.3 Å². The number of hydrazine groups is 1. The molecule has 7 nitrogen and oxygen atoms in total. The van der Waals surface area contributed by atoms with Gasteiger partial charge in [0.2, 0.25) is 0 Å². The van der Waals surface area contributed by atoms with Gasteiger partial charge in [-0.1, -0.05) is 0 Å². The van der Waals surface area contributed by atoms with Gasteiger partial charge >= 0.3 is 0 Å². The molecule has 0 spiro atoms. The van der Waals surface area contributed by atoms with Gasteiger partial charge in [-0.05, 0) is 25.6 Å². The molecule has 2 heterocycles. The van der Waals surface area contributed by atoms with Crippen LogP contribution in [0, 0.1) is 0 Å². The molecule has 1 aliphatic rings. The molecule has 0 aliphatic carbocycles. The van der Waals surface area contributed by atoms with E-state index in [0.717, 1.165) is 5.69 Å². The van der Waals surface area contributed by atoms with Crippen LogP contribution < -0.4 is 11.3 Å². The van der Waals surface area contributed by atoms with Crippen LogP contribution in [-0.2, 0) is 16.4 Å². The molecule has 3 N–H and O–H groups in total. The van der Waals surface area contributed by atoms with Crippen molar-refractivity contribution >= 4 is 15.7 Å². The van der Waals surface area contributed by atoms with Crippen LogP contribution in [0.1, 0.15) is 22.5 Å². The van der Waals surface area contributed by atoms with Crippen LogP contribution in [0.5, 0.6) is 0 Å². The van der Waals surface area contributed by atoms with Crippen molar-refractivity contribution in [3.63, 3.8) is 0 Å². The molecule has 1 aromatic heterocycles. The topological polar surface area (TPSA) is 105 Å². The van der Waals surface area contributed by atoms with E-state index in [0.29, 0.717) is 18.5 Å². The second-order valence-electron chi connectivity index (χ2n) is 4.98. The van der Waals surface area contributed by atoms with Gasteiger partial charge in [-0.25, -0.2) is 14.3 Å². The number of pyridine rings is 1. The van der Waals surface area contributed by atoms with Crippen molar-refractivity contribution in [2.24, 2.45) is 5.84 Å². The summed E-state index contributed by atoms with van der Waals surface area (Å²) in [7, 11) is -1.00. The van der Waals surface area contributed by atoms with Crippen molar-refractivity contribution in [1.29, 1.82) is 0 Å². The summed E-state index contributed by atoms with van der Waals surface area (Å²) in [4.78, 5) is 17.4. The maximum Gasteiger partial charge on any atom is 0.266 e. The lowest BCUT2D eigenvalue weighted by molar-refractivity contribution is 0.0953. The minimum absolute atomic E-state index is 0.0359. The number of hydrogen-bond donors (Lipinski definition) is 2. The van der Waals surface area contributed by atoms with Crippen LogP contribution in [0.15, 0.2) is 18.3 Å². The Bertz CT molecular complexity index is 585. The van der Waals surface area contributed by atoms with Gasteiger partial charge in [0.15, 0.2) is 9.84 Å². The van der Waals surface area contributed by atoms with Gasteiger partial charge in [-0.2, -0.15) is 0 Å². The highest BCUT2D eigenvalue weighted by atomic mass is 32.2. The van der Waals surface area contributed by atoms with Crippen molar-refractivity contribution in [3.05, 3.63) is 29.6 Å². The molecule has 1 saturated heterocycles. The molecule has 1 aromatic rings. The summed E-state index contributed by atoms with van der Waals surface area (Å²) in [5.74, 6) is 5.11. The number of nitrogens with one attached hydrogen (secondary N) is 1. The Balaban J connectivity index is 1.98. The molecule has 1 amide bonds. The van der Waals surface area contributed by atoms with Gasteiger partial charge in [0.1, 0.15) is 0 Å². The highest BCUT2D eigenvalue weighted by molar-refractivity contribution is 7.91. The first-order chi connectivity index (χ1) is 9.41. The Labute approximate surface area is 118 Å². The number of hydrogen-bond acceptors (Lipinski definition) is 6. The Morgan fingerprint density at radius 1 is 1.55 bits per heavy atom. The highest BCUT2D eigenvalue weighted by Gasteiger charge is 2.30. The van der Waals surface area contributed by atoms with Crippen LogP contribution >= 0.6 is 0 Å². The second-order valence-corrected chi connectivity index (χ2v) is 7.21. The van der Waals surface area contributed by atoms with E-state index in [4.69, 9.17) is 5.84 Å². The zero-order valence-electron chi connectivity index (χ0n) is 11.2. The normalized spacial score (nSPS) is 21.1. The maximum absolute atomic E-state index is 11.5. The molecule has 1 aliphatic heterocycles. The molecule has 1 fully saturated rings. The Morgan fingerprint density at radius 2 is 2.30 bits per heavy atom. The highest BCUT2D eigenvalue weighted by Crippen LogP contribution is 2.18. The predicted octanol–water partition coefficient (Wildman–Crippen LogP) is -0.696. The summed E-state index contributed by atoms with van der Waals surface area (Å²) in [5.41, 5.74) is 3.21. The first-order valence-corrected chi connectivity index (χ1v) is 8.10. The van der Waals surface area contributed by atoms with Gasteiger partial charge in [-0.3, -0.25) is 20.1 Å². The van der Waals surface area contributed by atoms with E-state index < -0.39 is 9.84 Å². The van der Waals surface area contributed by atoms with E-state index in [2.05, 4.69) is 4.98 Å². The Morgan fingerprint density at radius 3 is 2.80 bits per heavy atom. The number of sulfone groups is 1. The summed E-state index contributed by atoms with van der Waals surface area (Å²) >= 11 is 0. The maximum atomic E-state index is 11.5. The summed E-state index contributed by atoms with van der Waals surface area (Å²) in [6.07, 6.45) is 2.11. The molecule has 0 aromatic carbocycles. The largest absolute Gasteiger partial charge is 0.297 e. The summed E-state index contributed by atoms with van der Waals surface area (Å²) in [6, 6.07) is 3.42. The van der Waals surface area contributed by atoms with Crippen molar-refractivity contribution in [2.75, 3.05) is 18.6 Å². The quantitative estimate of drug-likeness (QED) is 0.433. The number of carbonyl (C=O) groups is 1. The molecule has 0 bridgehead atoms. The Kier molecular flexibility index (Phi) is 4.36. The predicted molar refractivity (Wildman–Crippen MR) is 74.4 cm³/mol. The molecular formula is C12H18N4O3S. The number of aromatic nitrogens is 1. The van der Waals surface area contributed by atoms with E-state index in [9.17, 15) is 13.2 Å². The molecule has 20 heavy (non-hydrogen) atoms. The molecule has 0 saturated carbocycles. The molecule has 1 unspecified atom stereocenters.